The molecule has 0 aliphatic carbocycles. The first-order valence-electron chi connectivity index (χ1n) is 5.10. The molecule has 0 atom stereocenters. The van der Waals surface area contributed by atoms with E-state index in [0.717, 1.165) is 5.76 Å². The van der Waals surface area contributed by atoms with Crippen molar-refractivity contribution in [3.63, 3.8) is 0 Å². The van der Waals surface area contributed by atoms with Gasteiger partial charge in [0.15, 0.2) is 0 Å². The van der Waals surface area contributed by atoms with Crippen LogP contribution in [0.15, 0.2) is 48.3 Å². The summed E-state index contributed by atoms with van der Waals surface area (Å²) in [6.07, 6.45) is 5.60. The number of benzene rings is 1. The molecule has 0 aliphatic rings. The van der Waals surface area contributed by atoms with Crippen LogP contribution < -0.4 is 10.2 Å². The molecule has 0 aliphatic heterocycles. The standard InChI is InChI=1S/C12H15BO3/c1-3-5-11(4-2)16-12-8-6-10(7-9-12)13(14)15/h3-9,14-15H,1-2H3/b5-3-,11-4+. The summed E-state index contributed by atoms with van der Waals surface area (Å²) in [6.45, 7) is 3.80. The lowest BCUT2D eigenvalue weighted by atomic mass is 9.80. The molecule has 0 saturated carbocycles. The fraction of sp³-hybridized carbons (Fsp3) is 0.167. The van der Waals surface area contributed by atoms with Crippen LogP contribution in [0.4, 0.5) is 0 Å². The third-order valence-corrected chi connectivity index (χ3v) is 2.03. The highest BCUT2D eigenvalue weighted by Crippen LogP contribution is 2.12. The van der Waals surface area contributed by atoms with Crippen molar-refractivity contribution < 1.29 is 14.8 Å². The van der Waals surface area contributed by atoms with Crippen molar-refractivity contribution in [3.05, 3.63) is 48.3 Å². The summed E-state index contributed by atoms with van der Waals surface area (Å²) in [6, 6.07) is 6.62. The highest BCUT2D eigenvalue weighted by molar-refractivity contribution is 6.58. The number of hydrogen-bond donors (Lipinski definition) is 2. The molecule has 84 valence electrons. The van der Waals surface area contributed by atoms with Gasteiger partial charge in [-0.2, -0.15) is 0 Å². The van der Waals surface area contributed by atoms with Crippen molar-refractivity contribution in [3.8, 4) is 5.75 Å². The molecule has 0 radical (unpaired) electrons. The molecule has 0 fully saturated rings. The monoisotopic (exact) mass is 218 g/mol. The van der Waals surface area contributed by atoms with Crippen molar-refractivity contribution in [2.75, 3.05) is 0 Å². The molecule has 1 aromatic carbocycles. The molecule has 0 aromatic heterocycles. The van der Waals surface area contributed by atoms with Gasteiger partial charge in [-0.15, -0.1) is 0 Å². The summed E-state index contributed by atoms with van der Waals surface area (Å²) < 4.78 is 5.55. The Morgan fingerprint density at radius 3 is 2.25 bits per heavy atom. The maximum Gasteiger partial charge on any atom is 0.488 e. The van der Waals surface area contributed by atoms with Gasteiger partial charge in [0.2, 0.25) is 0 Å². The van der Waals surface area contributed by atoms with Crippen LogP contribution in [0.25, 0.3) is 0 Å². The van der Waals surface area contributed by atoms with Crippen LogP contribution in [0, 0.1) is 0 Å². The number of allylic oxidation sites excluding steroid dienone is 3. The zero-order chi connectivity index (χ0) is 12.0. The minimum Gasteiger partial charge on any atom is -0.458 e. The molecular formula is C12H15BO3. The Labute approximate surface area is 95.8 Å². The summed E-state index contributed by atoms with van der Waals surface area (Å²) in [4.78, 5) is 0. The lowest BCUT2D eigenvalue weighted by Gasteiger charge is -2.06. The minimum absolute atomic E-state index is 0.445. The molecule has 0 amide bonds. The largest absolute Gasteiger partial charge is 0.488 e. The Morgan fingerprint density at radius 1 is 1.19 bits per heavy atom. The van der Waals surface area contributed by atoms with Crippen LogP contribution in [-0.4, -0.2) is 17.2 Å². The van der Waals surface area contributed by atoms with E-state index in [1.807, 2.05) is 32.1 Å². The van der Waals surface area contributed by atoms with Gasteiger partial charge >= 0.3 is 7.12 Å². The number of ether oxygens (including phenoxy) is 1. The molecule has 1 aromatic rings. The van der Waals surface area contributed by atoms with Gasteiger partial charge in [0.25, 0.3) is 0 Å². The van der Waals surface area contributed by atoms with E-state index in [-0.39, 0.29) is 0 Å². The van der Waals surface area contributed by atoms with E-state index in [1.165, 1.54) is 0 Å². The van der Waals surface area contributed by atoms with E-state index < -0.39 is 7.12 Å². The Bertz CT molecular complexity index is 380. The Balaban J connectivity index is 2.75. The summed E-state index contributed by atoms with van der Waals surface area (Å²) in [7, 11) is -1.44. The second-order valence-electron chi connectivity index (χ2n) is 3.24. The van der Waals surface area contributed by atoms with Crippen molar-refractivity contribution >= 4 is 12.6 Å². The van der Waals surface area contributed by atoms with E-state index in [4.69, 9.17) is 14.8 Å². The number of hydrogen-bond acceptors (Lipinski definition) is 3. The minimum atomic E-state index is -1.44. The lowest BCUT2D eigenvalue weighted by Crippen LogP contribution is -2.29. The second kappa shape index (κ2) is 6.15. The summed E-state index contributed by atoms with van der Waals surface area (Å²) in [5, 5.41) is 17.8. The van der Waals surface area contributed by atoms with Gasteiger partial charge < -0.3 is 14.8 Å². The topological polar surface area (TPSA) is 49.7 Å². The first-order valence-corrected chi connectivity index (χ1v) is 5.10. The predicted octanol–water partition coefficient (Wildman–Crippen LogP) is 1.23. The average molecular weight is 218 g/mol. The van der Waals surface area contributed by atoms with Crippen LogP contribution in [0.2, 0.25) is 0 Å². The van der Waals surface area contributed by atoms with Gasteiger partial charge in [-0.1, -0.05) is 18.2 Å². The predicted molar refractivity (Wildman–Crippen MR) is 65.5 cm³/mol. The fourth-order valence-electron chi connectivity index (χ4n) is 1.20. The van der Waals surface area contributed by atoms with E-state index in [1.54, 1.807) is 24.3 Å². The van der Waals surface area contributed by atoms with Gasteiger partial charge in [-0.3, -0.25) is 0 Å². The zero-order valence-corrected chi connectivity index (χ0v) is 9.42. The molecule has 3 nitrogen and oxygen atoms in total. The zero-order valence-electron chi connectivity index (χ0n) is 9.42. The summed E-state index contributed by atoms with van der Waals surface area (Å²) >= 11 is 0. The van der Waals surface area contributed by atoms with Crippen LogP contribution in [0.3, 0.4) is 0 Å². The van der Waals surface area contributed by atoms with E-state index in [0.29, 0.717) is 11.2 Å². The Hall–Kier alpha value is -1.52. The van der Waals surface area contributed by atoms with Gasteiger partial charge in [0, 0.05) is 0 Å². The maximum absolute atomic E-state index is 8.92. The molecule has 4 heteroatoms. The maximum atomic E-state index is 8.92. The van der Waals surface area contributed by atoms with Crippen molar-refractivity contribution in [2.45, 2.75) is 13.8 Å². The van der Waals surface area contributed by atoms with Crippen LogP contribution >= 0.6 is 0 Å². The van der Waals surface area contributed by atoms with E-state index >= 15 is 0 Å². The molecule has 1 rings (SSSR count). The molecule has 2 N–H and O–H groups in total. The van der Waals surface area contributed by atoms with Gasteiger partial charge in [0.1, 0.15) is 11.5 Å². The summed E-state index contributed by atoms with van der Waals surface area (Å²) in [5.41, 5.74) is 0.445. The molecule has 0 bridgehead atoms. The van der Waals surface area contributed by atoms with Gasteiger partial charge in [0.05, 0.1) is 0 Å². The van der Waals surface area contributed by atoms with Crippen LogP contribution in [0.1, 0.15) is 13.8 Å². The SMILES string of the molecule is C/C=C\C(=C/C)Oc1ccc(B(O)O)cc1. The molecule has 0 saturated heterocycles. The van der Waals surface area contributed by atoms with Gasteiger partial charge in [-0.05, 0) is 43.6 Å². The fourth-order valence-corrected chi connectivity index (χ4v) is 1.20. The van der Waals surface area contributed by atoms with Crippen molar-refractivity contribution in [1.82, 2.24) is 0 Å². The Morgan fingerprint density at radius 2 is 1.81 bits per heavy atom. The van der Waals surface area contributed by atoms with Gasteiger partial charge in [-0.25, -0.2) is 0 Å². The molecule has 0 heterocycles. The highest BCUT2D eigenvalue weighted by Gasteiger charge is 2.09. The normalized spacial score (nSPS) is 11.9. The van der Waals surface area contributed by atoms with Crippen molar-refractivity contribution in [1.29, 1.82) is 0 Å². The number of rotatable bonds is 4. The smallest absolute Gasteiger partial charge is 0.458 e. The molecule has 0 unspecified atom stereocenters. The van der Waals surface area contributed by atoms with E-state index in [2.05, 4.69) is 0 Å². The molecule has 0 spiro atoms. The third kappa shape index (κ3) is 3.57. The van der Waals surface area contributed by atoms with Crippen molar-refractivity contribution in [2.24, 2.45) is 0 Å². The third-order valence-electron chi connectivity index (χ3n) is 2.03. The first kappa shape index (κ1) is 12.6. The van der Waals surface area contributed by atoms with E-state index in [9.17, 15) is 0 Å². The lowest BCUT2D eigenvalue weighted by molar-refractivity contribution is 0.425. The quantitative estimate of drug-likeness (QED) is 0.454. The highest BCUT2D eigenvalue weighted by atomic mass is 16.5. The average Bonchev–Trinajstić information content (AvgIpc) is 2.29. The first-order chi connectivity index (χ1) is 7.67. The molecular weight excluding hydrogens is 203 g/mol. The second-order valence-corrected chi connectivity index (χ2v) is 3.24. The van der Waals surface area contributed by atoms with Crippen LogP contribution in [-0.2, 0) is 0 Å². The Kier molecular flexibility index (Phi) is 4.83. The molecule has 16 heavy (non-hydrogen) atoms. The van der Waals surface area contributed by atoms with Crippen LogP contribution in [0.5, 0.6) is 5.75 Å². The summed E-state index contributed by atoms with van der Waals surface area (Å²) in [5.74, 6) is 1.41.